The fraction of sp³-hybridized carbons (Fsp3) is 0.700. The molecular formula is C10H14N2O2. The Morgan fingerprint density at radius 2 is 2.21 bits per heavy atom. The van der Waals surface area contributed by atoms with Gasteiger partial charge in [-0.15, -0.1) is 0 Å². The van der Waals surface area contributed by atoms with Gasteiger partial charge in [-0.05, 0) is 5.92 Å². The average Bonchev–Trinajstić information content (AvgIpc) is 2.50. The third-order valence-electron chi connectivity index (χ3n) is 2.48. The Morgan fingerprint density at radius 1 is 1.50 bits per heavy atom. The van der Waals surface area contributed by atoms with Crippen LogP contribution in [0.4, 0.5) is 0 Å². The van der Waals surface area contributed by atoms with Gasteiger partial charge in [0.05, 0.1) is 0 Å². The molecule has 0 aromatic carbocycles. The smallest absolute Gasteiger partial charge is 0.229 e. The lowest BCUT2D eigenvalue weighted by molar-refractivity contribution is -0.126. The fourth-order valence-electron chi connectivity index (χ4n) is 1.57. The predicted molar refractivity (Wildman–Crippen MR) is 49.8 cm³/mol. The zero-order valence-corrected chi connectivity index (χ0v) is 8.49. The number of hydrogen-bond acceptors (Lipinski definition) is 4. The van der Waals surface area contributed by atoms with E-state index in [1.165, 1.54) is 0 Å². The third-order valence-corrected chi connectivity index (χ3v) is 2.48. The maximum Gasteiger partial charge on any atom is 0.229 e. The maximum absolute atomic E-state index is 10.7. The molecule has 0 bridgehead atoms. The molecule has 0 atom stereocenters. The molecule has 1 saturated carbocycles. The normalized spacial score (nSPS) is 17.5. The van der Waals surface area contributed by atoms with Gasteiger partial charge < -0.3 is 4.52 Å². The lowest BCUT2D eigenvalue weighted by Crippen LogP contribution is -2.25. The molecule has 76 valence electrons. The summed E-state index contributed by atoms with van der Waals surface area (Å²) >= 11 is 0. The van der Waals surface area contributed by atoms with Crippen LogP contribution >= 0.6 is 0 Å². The highest BCUT2D eigenvalue weighted by molar-refractivity contribution is 5.84. The number of ketones is 1. The van der Waals surface area contributed by atoms with Crippen LogP contribution in [0.25, 0.3) is 0 Å². The first kappa shape index (κ1) is 9.37. The van der Waals surface area contributed by atoms with Gasteiger partial charge in [-0.2, -0.15) is 4.98 Å². The van der Waals surface area contributed by atoms with E-state index in [1.54, 1.807) is 0 Å². The van der Waals surface area contributed by atoms with Gasteiger partial charge in [-0.1, -0.05) is 19.0 Å². The van der Waals surface area contributed by atoms with Crippen LogP contribution in [0.5, 0.6) is 0 Å². The molecule has 1 aromatic rings. The van der Waals surface area contributed by atoms with E-state index in [4.69, 9.17) is 4.52 Å². The van der Waals surface area contributed by atoms with Crippen molar-refractivity contribution in [3.8, 4) is 0 Å². The Hall–Kier alpha value is -1.19. The minimum absolute atomic E-state index is 0.277. The van der Waals surface area contributed by atoms with Crippen molar-refractivity contribution in [1.29, 1.82) is 0 Å². The first-order chi connectivity index (χ1) is 6.65. The van der Waals surface area contributed by atoms with Gasteiger partial charge in [0.2, 0.25) is 5.89 Å². The van der Waals surface area contributed by atoms with E-state index in [0.29, 0.717) is 30.4 Å². The average molecular weight is 194 g/mol. The molecule has 0 radical (unpaired) electrons. The summed E-state index contributed by atoms with van der Waals surface area (Å²) in [6, 6.07) is 0. The second kappa shape index (κ2) is 3.52. The number of hydrogen-bond donors (Lipinski definition) is 0. The molecular weight excluding hydrogens is 180 g/mol. The van der Waals surface area contributed by atoms with Crippen LogP contribution in [0.1, 0.15) is 44.3 Å². The van der Waals surface area contributed by atoms with Crippen molar-refractivity contribution >= 4 is 5.78 Å². The van der Waals surface area contributed by atoms with Gasteiger partial charge in [0.25, 0.3) is 0 Å². The molecule has 0 saturated heterocycles. The molecule has 2 rings (SSSR count). The first-order valence-electron chi connectivity index (χ1n) is 4.99. The standard InChI is InChI=1S/C10H14N2O2/c1-6(2)10-11-9(12-14-10)5-7-3-8(13)4-7/h6-7H,3-5H2,1-2H3. The largest absolute Gasteiger partial charge is 0.339 e. The van der Waals surface area contributed by atoms with Crippen LogP contribution in [0.2, 0.25) is 0 Å². The van der Waals surface area contributed by atoms with Crippen LogP contribution in [0.15, 0.2) is 4.52 Å². The third kappa shape index (κ3) is 1.84. The second-order valence-corrected chi connectivity index (χ2v) is 4.22. The van der Waals surface area contributed by atoms with Gasteiger partial charge >= 0.3 is 0 Å². The molecule has 1 heterocycles. The van der Waals surface area contributed by atoms with E-state index in [0.717, 1.165) is 12.2 Å². The van der Waals surface area contributed by atoms with E-state index in [2.05, 4.69) is 10.1 Å². The summed E-state index contributed by atoms with van der Waals surface area (Å²) in [5.74, 6) is 2.50. The van der Waals surface area contributed by atoms with E-state index < -0.39 is 0 Å². The van der Waals surface area contributed by atoms with Crippen LogP contribution < -0.4 is 0 Å². The van der Waals surface area contributed by atoms with Gasteiger partial charge in [0.15, 0.2) is 5.82 Å². The summed E-state index contributed by atoms with van der Waals surface area (Å²) in [5.41, 5.74) is 0. The molecule has 0 amide bonds. The van der Waals surface area contributed by atoms with Gasteiger partial charge in [-0.25, -0.2) is 0 Å². The molecule has 1 aliphatic carbocycles. The van der Waals surface area contributed by atoms with Crippen LogP contribution in [-0.4, -0.2) is 15.9 Å². The zero-order valence-electron chi connectivity index (χ0n) is 8.49. The number of nitrogens with zero attached hydrogens (tertiary/aromatic N) is 2. The van der Waals surface area contributed by atoms with Crippen LogP contribution in [0.3, 0.4) is 0 Å². The number of carbonyl (C=O) groups is 1. The summed E-state index contributed by atoms with van der Waals surface area (Å²) in [7, 11) is 0. The number of Topliss-reactive ketones (excluding diaryl/α,β-unsaturated/α-hetero) is 1. The Balaban J connectivity index is 1.93. The second-order valence-electron chi connectivity index (χ2n) is 4.22. The lowest BCUT2D eigenvalue weighted by Gasteiger charge is -2.21. The Labute approximate surface area is 82.7 Å². The molecule has 0 unspecified atom stereocenters. The SMILES string of the molecule is CC(C)c1nc(CC2CC(=O)C2)no1. The molecule has 1 fully saturated rings. The maximum atomic E-state index is 10.7. The lowest BCUT2D eigenvalue weighted by atomic mass is 9.81. The topological polar surface area (TPSA) is 56.0 Å². The van der Waals surface area contributed by atoms with E-state index in [-0.39, 0.29) is 5.92 Å². The zero-order chi connectivity index (χ0) is 10.1. The molecule has 1 aromatic heterocycles. The van der Waals surface area contributed by atoms with Crippen LogP contribution in [0, 0.1) is 5.92 Å². The summed E-state index contributed by atoms with van der Waals surface area (Å²) in [5, 5.41) is 3.89. The van der Waals surface area contributed by atoms with Gasteiger partial charge in [0.1, 0.15) is 5.78 Å². The van der Waals surface area contributed by atoms with Crippen molar-refractivity contribution in [3.05, 3.63) is 11.7 Å². The molecule has 0 spiro atoms. The van der Waals surface area contributed by atoms with Crippen molar-refractivity contribution in [2.45, 2.75) is 39.0 Å². The summed E-state index contributed by atoms with van der Waals surface area (Å²) < 4.78 is 5.08. The molecule has 0 aliphatic heterocycles. The van der Waals surface area contributed by atoms with Gasteiger partial charge in [-0.3, -0.25) is 4.79 Å². The molecule has 0 N–H and O–H groups in total. The molecule has 4 heteroatoms. The first-order valence-corrected chi connectivity index (χ1v) is 4.99. The van der Waals surface area contributed by atoms with E-state index in [9.17, 15) is 4.79 Å². The molecule has 14 heavy (non-hydrogen) atoms. The van der Waals surface area contributed by atoms with Crippen molar-refractivity contribution in [2.24, 2.45) is 5.92 Å². The van der Waals surface area contributed by atoms with Crippen LogP contribution in [-0.2, 0) is 11.2 Å². The number of aromatic nitrogens is 2. The Kier molecular flexibility index (Phi) is 2.35. The quantitative estimate of drug-likeness (QED) is 0.735. The summed E-state index contributed by atoms with van der Waals surface area (Å²) in [4.78, 5) is 15.0. The minimum atomic E-state index is 0.277. The van der Waals surface area contributed by atoms with Crippen molar-refractivity contribution in [2.75, 3.05) is 0 Å². The van der Waals surface area contributed by atoms with Gasteiger partial charge in [0, 0.05) is 25.2 Å². The monoisotopic (exact) mass is 194 g/mol. The molecule has 1 aliphatic rings. The highest BCUT2D eigenvalue weighted by Crippen LogP contribution is 2.26. The van der Waals surface area contributed by atoms with E-state index in [1.807, 2.05) is 13.8 Å². The number of rotatable bonds is 3. The Morgan fingerprint density at radius 3 is 2.71 bits per heavy atom. The summed E-state index contributed by atoms with van der Waals surface area (Å²) in [6.07, 6.45) is 2.15. The highest BCUT2D eigenvalue weighted by Gasteiger charge is 2.28. The number of carbonyl (C=O) groups excluding carboxylic acids is 1. The van der Waals surface area contributed by atoms with E-state index >= 15 is 0 Å². The fourth-order valence-corrected chi connectivity index (χ4v) is 1.57. The van der Waals surface area contributed by atoms with Crippen molar-refractivity contribution in [1.82, 2.24) is 10.1 Å². The van der Waals surface area contributed by atoms with Crippen molar-refractivity contribution < 1.29 is 9.32 Å². The minimum Gasteiger partial charge on any atom is -0.339 e. The summed E-state index contributed by atoms with van der Waals surface area (Å²) in [6.45, 7) is 4.04. The van der Waals surface area contributed by atoms with Crippen molar-refractivity contribution in [3.63, 3.8) is 0 Å². The molecule has 4 nitrogen and oxygen atoms in total. The Bertz CT molecular complexity index is 336. The highest BCUT2D eigenvalue weighted by atomic mass is 16.5. The predicted octanol–water partition coefficient (Wildman–Crippen LogP) is 1.71.